The predicted molar refractivity (Wildman–Crippen MR) is 62.7 cm³/mol. The molecule has 0 fully saturated rings. The number of carbonyl (C=O) groups is 1. The van der Waals surface area contributed by atoms with Crippen molar-refractivity contribution in [2.45, 2.75) is 19.4 Å². The van der Waals surface area contributed by atoms with Crippen LogP contribution in [0.4, 0.5) is 0 Å². The van der Waals surface area contributed by atoms with Crippen LogP contribution in [-0.2, 0) is 16.1 Å². The van der Waals surface area contributed by atoms with E-state index >= 15 is 0 Å². The van der Waals surface area contributed by atoms with Crippen molar-refractivity contribution in [3.8, 4) is 11.5 Å². The minimum absolute atomic E-state index is 0.126. The van der Waals surface area contributed by atoms with Gasteiger partial charge in [-0.2, -0.15) is 0 Å². The molecular weight excluding hydrogens is 222 g/mol. The Morgan fingerprint density at radius 2 is 2.12 bits per heavy atom. The summed E-state index contributed by atoms with van der Waals surface area (Å²) in [5.74, 6) is -0.465. The number of hydrogen-bond donors (Lipinski definition) is 3. The lowest BCUT2D eigenvalue weighted by Crippen LogP contribution is -2.16. The van der Waals surface area contributed by atoms with E-state index in [1.165, 1.54) is 19.2 Å². The number of phenolic OH excluding ortho intramolecular Hbond substituents is 2. The second-order valence-corrected chi connectivity index (χ2v) is 3.68. The van der Waals surface area contributed by atoms with E-state index in [-0.39, 0.29) is 17.5 Å². The van der Waals surface area contributed by atoms with E-state index < -0.39 is 0 Å². The number of nitrogens with one attached hydrogen (secondary N) is 1. The van der Waals surface area contributed by atoms with Gasteiger partial charge in [0.05, 0.1) is 7.11 Å². The van der Waals surface area contributed by atoms with Crippen molar-refractivity contribution >= 4 is 5.97 Å². The number of ether oxygens (including phenoxy) is 1. The zero-order chi connectivity index (χ0) is 12.7. The highest BCUT2D eigenvalue weighted by molar-refractivity contribution is 5.69. The lowest BCUT2D eigenvalue weighted by atomic mass is 10.2. The maximum Gasteiger partial charge on any atom is 0.305 e. The third-order valence-electron chi connectivity index (χ3n) is 2.33. The molecule has 0 radical (unpaired) electrons. The van der Waals surface area contributed by atoms with Crippen LogP contribution >= 0.6 is 0 Å². The summed E-state index contributed by atoms with van der Waals surface area (Å²) < 4.78 is 4.52. The first-order chi connectivity index (χ1) is 8.13. The molecule has 0 aliphatic carbocycles. The Kier molecular flexibility index (Phi) is 5.29. The van der Waals surface area contributed by atoms with Gasteiger partial charge in [0.1, 0.15) is 0 Å². The number of hydrogen-bond acceptors (Lipinski definition) is 5. The Morgan fingerprint density at radius 3 is 2.76 bits per heavy atom. The average molecular weight is 239 g/mol. The molecule has 17 heavy (non-hydrogen) atoms. The van der Waals surface area contributed by atoms with Gasteiger partial charge in [-0.3, -0.25) is 4.79 Å². The number of benzene rings is 1. The Hall–Kier alpha value is -1.75. The maximum absolute atomic E-state index is 10.8. The lowest BCUT2D eigenvalue weighted by Gasteiger charge is -2.05. The van der Waals surface area contributed by atoms with Crippen LogP contribution in [0.3, 0.4) is 0 Å². The van der Waals surface area contributed by atoms with E-state index in [1.54, 1.807) is 6.07 Å². The van der Waals surface area contributed by atoms with Crippen LogP contribution in [0.2, 0.25) is 0 Å². The van der Waals surface area contributed by atoms with Gasteiger partial charge in [-0.05, 0) is 30.7 Å². The Balaban J connectivity index is 2.22. The van der Waals surface area contributed by atoms with Crippen molar-refractivity contribution in [3.63, 3.8) is 0 Å². The number of carbonyl (C=O) groups excluding carboxylic acids is 1. The van der Waals surface area contributed by atoms with E-state index in [9.17, 15) is 9.90 Å². The Labute approximate surface area is 100 Å². The first kappa shape index (κ1) is 13.3. The quantitative estimate of drug-likeness (QED) is 0.394. The Bertz CT molecular complexity index is 379. The molecule has 1 aromatic carbocycles. The van der Waals surface area contributed by atoms with Crippen LogP contribution in [0, 0.1) is 0 Å². The monoisotopic (exact) mass is 239 g/mol. The fourth-order valence-electron chi connectivity index (χ4n) is 1.37. The summed E-state index contributed by atoms with van der Waals surface area (Å²) in [6.45, 7) is 1.27. The molecule has 0 spiro atoms. The van der Waals surface area contributed by atoms with Crippen LogP contribution in [-0.4, -0.2) is 29.8 Å². The summed E-state index contributed by atoms with van der Waals surface area (Å²) >= 11 is 0. The minimum Gasteiger partial charge on any atom is -0.504 e. The van der Waals surface area contributed by atoms with Crippen molar-refractivity contribution in [2.75, 3.05) is 13.7 Å². The van der Waals surface area contributed by atoms with Crippen LogP contribution < -0.4 is 5.32 Å². The standard InChI is InChI=1S/C12H17NO4/c1-17-12(16)3-2-6-13-8-9-4-5-10(14)11(15)7-9/h4-5,7,13-15H,2-3,6,8H2,1H3. The summed E-state index contributed by atoms with van der Waals surface area (Å²) in [5, 5.41) is 21.5. The third kappa shape index (κ3) is 4.74. The fraction of sp³-hybridized carbons (Fsp3) is 0.417. The van der Waals surface area contributed by atoms with Crippen LogP contribution in [0.25, 0.3) is 0 Å². The molecule has 1 aromatic rings. The van der Waals surface area contributed by atoms with Gasteiger partial charge in [0.25, 0.3) is 0 Å². The molecule has 0 heterocycles. The van der Waals surface area contributed by atoms with E-state index in [0.29, 0.717) is 25.9 Å². The molecule has 0 saturated carbocycles. The van der Waals surface area contributed by atoms with Crippen LogP contribution in [0.15, 0.2) is 18.2 Å². The van der Waals surface area contributed by atoms with Gasteiger partial charge in [0.15, 0.2) is 11.5 Å². The van der Waals surface area contributed by atoms with Gasteiger partial charge in [-0.15, -0.1) is 0 Å². The SMILES string of the molecule is COC(=O)CCCNCc1ccc(O)c(O)c1. The fourth-order valence-corrected chi connectivity index (χ4v) is 1.37. The van der Waals surface area contributed by atoms with Crippen molar-refractivity contribution in [3.05, 3.63) is 23.8 Å². The van der Waals surface area contributed by atoms with Crippen LogP contribution in [0.5, 0.6) is 11.5 Å². The third-order valence-corrected chi connectivity index (χ3v) is 2.33. The molecule has 1 rings (SSSR count). The summed E-state index contributed by atoms with van der Waals surface area (Å²) in [6, 6.07) is 4.67. The largest absolute Gasteiger partial charge is 0.504 e. The van der Waals surface area contributed by atoms with E-state index in [1.807, 2.05) is 0 Å². The summed E-state index contributed by atoms with van der Waals surface area (Å²) in [7, 11) is 1.37. The van der Waals surface area contributed by atoms with Crippen molar-refractivity contribution in [2.24, 2.45) is 0 Å². The minimum atomic E-state index is -0.214. The Morgan fingerprint density at radius 1 is 1.35 bits per heavy atom. The average Bonchev–Trinajstić information content (AvgIpc) is 2.33. The molecular formula is C12H17NO4. The molecule has 0 aliphatic rings. The molecule has 0 unspecified atom stereocenters. The van der Waals surface area contributed by atoms with E-state index in [4.69, 9.17) is 5.11 Å². The number of rotatable bonds is 6. The molecule has 0 aliphatic heterocycles. The van der Waals surface area contributed by atoms with E-state index in [2.05, 4.69) is 10.1 Å². The maximum atomic E-state index is 10.8. The van der Waals surface area contributed by atoms with Crippen molar-refractivity contribution in [1.82, 2.24) is 5.32 Å². The number of esters is 1. The molecule has 0 amide bonds. The summed E-state index contributed by atoms with van der Waals surface area (Å²) in [6.07, 6.45) is 1.10. The van der Waals surface area contributed by atoms with Gasteiger partial charge in [-0.1, -0.05) is 6.07 Å². The zero-order valence-electron chi connectivity index (χ0n) is 9.77. The molecule has 0 atom stereocenters. The number of methoxy groups -OCH3 is 1. The lowest BCUT2D eigenvalue weighted by molar-refractivity contribution is -0.140. The van der Waals surface area contributed by atoms with E-state index in [0.717, 1.165) is 5.56 Å². The first-order valence-electron chi connectivity index (χ1n) is 5.42. The van der Waals surface area contributed by atoms with Gasteiger partial charge >= 0.3 is 5.97 Å². The second-order valence-electron chi connectivity index (χ2n) is 3.68. The molecule has 3 N–H and O–H groups in total. The van der Waals surface area contributed by atoms with Gasteiger partial charge < -0.3 is 20.3 Å². The summed E-state index contributed by atoms with van der Waals surface area (Å²) in [4.78, 5) is 10.8. The highest BCUT2D eigenvalue weighted by Gasteiger charge is 2.01. The highest BCUT2D eigenvalue weighted by Crippen LogP contribution is 2.24. The summed E-state index contributed by atoms with van der Waals surface area (Å²) in [5.41, 5.74) is 0.873. The van der Waals surface area contributed by atoms with Crippen molar-refractivity contribution < 1.29 is 19.7 Å². The number of phenols is 2. The first-order valence-corrected chi connectivity index (χ1v) is 5.42. The normalized spacial score (nSPS) is 10.2. The molecule has 0 bridgehead atoms. The van der Waals surface area contributed by atoms with Crippen LogP contribution in [0.1, 0.15) is 18.4 Å². The molecule has 5 heteroatoms. The topological polar surface area (TPSA) is 78.8 Å². The highest BCUT2D eigenvalue weighted by atomic mass is 16.5. The molecule has 94 valence electrons. The molecule has 0 saturated heterocycles. The molecule has 5 nitrogen and oxygen atoms in total. The molecule has 0 aromatic heterocycles. The van der Waals surface area contributed by atoms with Gasteiger partial charge in [0.2, 0.25) is 0 Å². The second kappa shape index (κ2) is 6.75. The zero-order valence-corrected chi connectivity index (χ0v) is 9.77. The van der Waals surface area contributed by atoms with Gasteiger partial charge in [0, 0.05) is 13.0 Å². The van der Waals surface area contributed by atoms with Gasteiger partial charge in [-0.25, -0.2) is 0 Å². The number of aromatic hydroxyl groups is 2. The smallest absolute Gasteiger partial charge is 0.305 e. The van der Waals surface area contributed by atoms with Crippen molar-refractivity contribution in [1.29, 1.82) is 0 Å². The predicted octanol–water partition coefficient (Wildman–Crippen LogP) is 1.14.